The number of halogens is 1. The van der Waals surface area contributed by atoms with Crippen LogP contribution in [-0.2, 0) is 14.8 Å². The first-order valence-corrected chi connectivity index (χ1v) is 11.9. The fraction of sp³-hybridized carbons (Fsp3) is 0.240. The zero-order chi connectivity index (χ0) is 23.1. The maximum Gasteiger partial charge on any atom is 0.264 e. The van der Waals surface area contributed by atoms with Crippen LogP contribution in [0.1, 0.15) is 31.9 Å². The number of rotatable bonds is 9. The number of nitrogens with zero attached hydrogens (tertiary/aromatic N) is 1. The molecule has 7 heteroatoms. The van der Waals surface area contributed by atoms with E-state index in [2.05, 4.69) is 19.2 Å². The van der Waals surface area contributed by atoms with Gasteiger partial charge in [0.1, 0.15) is 12.4 Å². The van der Waals surface area contributed by atoms with E-state index >= 15 is 0 Å². The molecule has 0 spiro atoms. The van der Waals surface area contributed by atoms with Crippen molar-refractivity contribution in [2.75, 3.05) is 10.8 Å². The Kier molecular flexibility index (Phi) is 7.64. The van der Waals surface area contributed by atoms with E-state index in [1.165, 1.54) is 12.1 Å². The van der Waals surface area contributed by atoms with Gasteiger partial charge in [0, 0.05) is 0 Å². The smallest absolute Gasteiger partial charge is 0.264 e. The van der Waals surface area contributed by atoms with E-state index in [4.69, 9.17) is 0 Å². The van der Waals surface area contributed by atoms with Crippen LogP contribution >= 0.6 is 0 Å². The lowest BCUT2D eigenvalue weighted by Crippen LogP contribution is -2.42. The number of amides is 1. The van der Waals surface area contributed by atoms with Gasteiger partial charge in [0.2, 0.25) is 5.91 Å². The zero-order valence-electron chi connectivity index (χ0n) is 18.1. The Morgan fingerprint density at radius 3 is 2.03 bits per heavy atom. The van der Waals surface area contributed by atoms with Crippen LogP contribution in [0.5, 0.6) is 0 Å². The van der Waals surface area contributed by atoms with Crippen molar-refractivity contribution in [2.45, 2.75) is 31.2 Å². The number of anilines is 1. The predicted molar refractivity (Wildman–Crippen MR) is 124 cm³/mol. The van der Waals surface area contributed by atoms with Gasteiger partial charge in [0.05, 0.1) is 16.6 Å². The molecule has 5 nitrogen and oxygen atoms in total. The highest BCUT2D eigenvalue weighted by Crippen LogP contribution is 2.25. The molecule has 1 amide bonds. The number of hydrogen-bond acceptors (Lipinski definition) is 3. The highest BCUT2D eigenvalue weighted by Gasteiger charge is 2.28. The molecule has 0 saturated carbocycles. The van der Waals surface area contributed by atoms with E-state index in [9.17, 15) is 17.6 Å². The molecule has 0 bridgehead atoms. The topological polar surface area (TPSA) is 66.5 Å². The highest BCUT2D eigenvalue weighted by atomic mass is 32.2. The van der Waals surface area contributed by atoms with Crippen LogP contribution in [0, 0.1) is 11.7 Å². The number of hydrogen-bond donors (Lipinski definition) is 1. The van der Waals surface area contributed by atoms with Crippen molar-refractivity contribution in [3.63, 3.8) is 0 Å². The Balaban J connectivity index is 1.89. The maximum absolute atomic E-state index is 13.3. The summed E-state index contributed by atoms with van der Waals surface area (Å²) in [6.45, 7) is 3.74. The number of nitrogens with one attached hydrogen (secondary N) is 1. The van der Waals surface area contributed by atoms with Crippen LogP contribution in [-0.4, -0.2) is 20.9 Å². The van der Waals surface area contributed by atoms with Crippen LogP contribution in [0.15, 0.2) is 89.8 Å². The second-order valence-electron chi connectivity index (χ2n) is 7.96. The van der Waals surface area contributed by atoms with Gasteiger partial charge < -0.3 is 5.32 Å². The van der Waals surface area contributed by atoms with Crippen molar-refractivity contribution in [1.29, 1.82) is 0 Å². The number of carbonyl (C=O) groups is 1. The number of sulfonamides is 1. The van der Waals surface area contributed by atoms with Crippen molar-refractivity contribution in [3.05, 3.63) is 96.3 Å². The molecular formula is C25H27FN2O3S. The van der Waals surface area contributed by atoms with Gasteiger partial charge in [-0.05, 0) is 54.3 Å². The van der Waals surface area contributed by atoms with Gasteiger partial charge in [0.15, 0.2) is 0 Å². The number of para-hydroxylation sites is 1. The molecule has 0 fully saturated rings. The standard InChI is InChI=1S/C25H27FN2O3S/c1-19(2)17-24(20-9-5-3-6-10-20)27-25(29)18-28(22-11-7-4-8-12-22)32(30,31)23-15-13-21(26)14-16-23/h3-16,19,24H,17-18H2,1-2H3,(H,27,29)/t24-/m0/s1. The zero-order valence-corrected chi connectivity index (χ0v) is 18.9. The summed E-state index contributed by atoms with van der Waals surface area (Å²) in [5, 5.41) is 2.99. The lowest BCUT2D eigenvalue weighted by atomic mass is 9.97. The van der Waals surface area contributed by atoms with E-state index in [1.54, 1.807) is 30.3 Å². The van der Waals surface area contributed by atoms with E-state index in [-0.39, 0.29) is 10.9 Å². The van der Waals surface area contributed by atoms with Gasteiger partial charge in [-0.3, -0.25) is 9.10 Å². The quantitative estimate of drug-likeness (QED) is 0.499. The molecule has 0 aromatic heterocycles. The van der Waals surface area contributed by atoms with E-state index in [0.717, 1.165) is 22.0 Å². The SMILES string of the molecule is CC(C)C[C@H](NC(=O)CN(c1ccccc1)S(=O)(=O)c1ccc(F)cc1)c1ccccc1. The first kappa shape index (κ1) is 23.5. The lowest BCUT2D eigenvalue weighted by Gasteiger charge is -2.26. The summed E-state index contributed by atoms with van der Waals surface area (Å²) >= 11 is 0. The second-order valence-corrected chi connectivity index (χ2v) is 9.82. The molecule has 0 aliphatic rings. The third-order valence-electron chi connectivity index (χ3n) is 4.98. The molecule has 3 rings (SSSR count). The van der Waals surface area contributed by atoms with E-state index in [0.29, 0.717) is 18.0 Å². The molecule has 1 N–H and O–H groups in total. The minimum Gasteiger partial charge on any atom is -0.348 e. The van der Waals surface area contributed by atoms with Crippen LogP contribution in [0.25, 0.3) is 0 Å². The molecule has 3 aromatic carbocycles. The van der Waals surface area contributed by atoms with Crippen molar-refractivity contribution in [3.8, 4) is 0 Å². The van der Waals surface area contributed by atoms with Crippen LogP contribution < -0.4 is 9.62 Å². The van der Waals surface area contributed by atoms with Gasteiger partial charge in [-0.1, -0.05) is 62.4 Å². The molecule has 0 heterocycles. The van der Waals surface area contributed by atoms with Crippen molar-refractivity contribution >= 4 is 21.6 Å². The Labute approximate surface area is 188 Å². The second kappa shape index (κ2) is 10.4. The van der Waals surface area contributed by atoms with E-state index < -0.39 is 28.3 Å². The Hall–Kier alpha value is -3.19. The minimum atomic E-state index is -4.08. The van der Waals surface area contributed by atoms with Crippen molar-refractivity contribution in [2.24, 2.45) is 5.92 Å². The average molecular weight is 455 g/mol. The molecule has 1 atom stereocenters. The molecule has 32 heavy (non-hydrogen) atoms. The summed E-state index contributed by atoms with van der Waals surface area (Å²) in [4.78, 5) is 13.0. The first-order valence-electron chi connectivity index (χ1n) is 10.4. The van der Waals surface area contributed by atoms with Gasteiger partial charge in [0.25, 0.3) is 10.0 Å². The van der Waals surface area contributed by atoms with Gasteiger partial charge in [-0.2, -0.15) is 0 Å². The Morgan fingerprint density at radius 1 is 0.906 bits per heavy atom. The number of benzene rings is 3. The molecule has 0 aliphatic heterocycles. The van der Waals surface area contributed by atoms with Crippen molar-refractivity contribution in [1.82, 2.24) is 5.32 Å². The molecule has 0 aliphatic carbocycles. The van der Waals surface area contributed by atoms with E-state index in [1.807, 2.05) is 30.3 Å². The average Bonchev–Trinajstić information content (AvgIpc) is 2.78. The summed E-state index contributed by atoms with van der Waals surface area (Å²) in [5.41, 5.74) is 1.31. The summed E-state index contributed by atoms with van der Waals surface area (Å²) in [6.07, 6.45) is 0.714. The monoisotopic (exact) mass is 454 g/mol. The molecule has 0 radical (unpaired) electrons. The fourth-order valence-electron chi connectivity index (χ4n) is 3.45. The largest absolute Gasteiger partial charge is 0.348 e. The van der Waals surface area contributed by atoms with Crippen LogP contribution in [0.4, 0.5) is 10.1 Å². The Morgan fingerprint density at radius 2 is 1.47 bits per heavy atom. The molecule has 168 valence electrons. The lowest BCUT2D eigenvalue weighted by molar-refractivity contribution is -0.120. The summed E-state index contributed by atoms with van der Waals surface area (Å²) in [6, 6.07) is 22.3. The minimum absolute atomic E-state index is 0.0858. The highest BCUT2D eigenvalue weighted by molar-refractivity contribution is 7.92. The summed E-state index contributed by atoms with van der Waals surface area (Å²) in [5.74, 6) is -0.630. The van der Waals surface area contributed by atoms with Gasteiger partial charge >= 0.3 is 0 Å². The molecule has 0 saturated heterocycles. The molecule has 3 aromatic rings. The predicted octanol–water partition coefficient (Wildman–Crippen LogP) is 4.92. The fourth-order valence-corrected chi connectivity index (χ4v) is 4.87. The van der Waals surface area contributed by atoms with Gasteiger partial charge in [-0.25, -0.2) is 12.8 Å². The van der Waals surface area contributed by atoms with Gasteiger partial charge in [-0.15, -0.1) is 0 Å². The summed E-state index contributed by atoms with van der Waals surface area (Å²) < 4.78 is 41.1. The normalized spacial score (nSPS) is 12.4. The Bertz CT molecular complexity index is 1120. The molecule has 0 unspecified atom stereocenters. The third-order valence-corrected chi connectivity index (χ3v) is 6.77. The van der Waals surface area contributed by atoms with Crippen LogP contribution in [0.3, 0.4) is 0 Å². The van der Waals surface area contributed by atoms with Crippen LogP contribution in [0.2, 0.25) is 0 Å². The number of carbonyl (C=O) groups excluding carboxylic acids is 1. The summed E-state index contributed by atoms with van der Waals surface area (Å²) in [7, 11) is -4.08. The molecular weight excluding hydrogens is 427 g/mol. The van der Waals surface area contributed by atoms with Crippen molar-refractivity contribution < 1.29 is 17.6 Å². The third kappa shape index (κ3) is 5.95. The maximum atomic E-state index is 13.3. The first-order chi connectivity index (χ1) is 15.3.